The summed E-state index contributed by atoms with van der Waals surface area (Å²) >= 11 is 2.33. The lowest BCUT2D eigenvalue weighted by atomic mass is 10.1. The Morgan fingerprint density at radius 3 is 2.73 bits per heavy atom. The van der Waals surface area contributed by atoms with Crippen molar-refractivity contribution in [3.63, 3.8) is 0 Å². The molecule has 0 bridgehead atoms. The zero-order chi connectivity index (χ0) is 11.0. The molecule has 0 radical (unpaired) electrons. The zero-order valence-corrected chi connectivity index (χ0v) is 10.7. The second kappa shape index (κ2) is 3.78. The van der Waals surface area contributed by atoms with Crippen LogP contribution in [0.2, 0.25) is 0 Å². The number of nitrogens with zero attached hydrogens (tertiary/aromatic N) is 2. The average Bonchev–Trinajstić information content (AvgIpc) is 2.25. The van der Waals surface area contributed by atoms with Crippen LogP contribution in [0, 0.1) is 24.0 Å². The highest BCUT2D eigenvalue weighted by Gasteiger charge is 2.08. The van der Waals surface area contributed by atoms with Gasteiger partial charge >= 0.3 is 0 Å². The topological polar surface area (TPSA) is 17.2 Å². The predicted molar refractivity (Wildman–Crippen MR) is 70.2 cm³/mol. The summed E-state index contributed by atoms with van der Waals surface area (Å²) in [6.07, 6.45) is 0. The Kier molecular flexibility index (Phi) is 2.61. The molecule has 0 aliphatic rings. The molecule has 1 aromatic heterocycles. The van der Waals surface area contributed by atoms with Crippen LogP contribution in [0.5, 0.6) is 0 Å². The number of aryl methyl sites for hydroxylation is 1. The zero-order valence-electron chi connectivity index (χ0n) is 8.50. The Morgan fingerprint density at radius 2 is 2.07 bits per heavy atom. The summed E-state index contributed by atoms with van der Waals surface area (Å²) in [4.78, 5) is 7.64. The van der Waals surface area contributed by atoms with Crippen LogP contribution >= 0.6 is 22.6 Å². The minimum Gasteiger partial charge on any atom is -0.361 e. The van der Waals surface area contributed by atoms with E-state index in [1.165, 1.54) is 14.7 Å². The Morgan fingerprint density at radius 1 is 1.33 bits per heavy atom. The van der Waals surface area contributed by atoms with Crippen LogP contribution in [0.4, 0.5) is 5.82 Å². The number of halogens is 1. The van der Waals surface area contributed by atoms with Gasteiger partial charge in [-0.3, -0.25) is 0 Å². The second-order valence-corrected chi connectivity index (χ2v) is 4.56. The van der Waals surface area contributed by atoms with Gasteiger partial charge in [0.1, 0.15) is 0 Å². The largest absolute Gasteiger partial charge is 0.361 e. The van der Waals surface area contributed by atoms with Gasteiger partial charge in [0.25, 0.3) is 5.82 Å². The predicted octanol–water partition coefficient (Wildman–Crippen LogP) is 4.01. The summed E-state index contributed by atoms with van der Waals surface area (Å²) < 4.78 is 1.23. The molecule has 15 heavy (non-hydrogen) atoms. The first-order valence-corrected chi connectivity index (χ1v) is 5.65. The van der Waals surface area contributed by atoms with Crippen LogP contribution in [0.1, 0.15) is 11.1 Å². The third kappa shape index (κ3) is 1.70. The standard InChI is InChI=1S/C12H9IN2/c1-7-6-10-9(12(13)8(7)2)4-5-11(14-3)15-10/h4-6H,1-2H3. The molecule has 2 rings (SSSR count). The molecule has 0 fully saturated rings. The van der Waals surface area contributed by atoms with Crippen LogP contribution in [0.15, 0.2) is 18.2 Å². The summed E-state index contributed by atoms with van der Waals surface area (Å²) in [6.45, 7) is 11.1. The molecule has 0 saturated carbocycles. The monoisotopic (exact) mass is 308 g/mol. The number of benzene rings is 1. The van der Waals surface area contributed by atoms with Crippen molar-refractivity contribution in [1.82, 2.24) is 4.98 Å². The van der Waals surface area contributed by atoms with Gasteiger partial charge in [-0.05, 0) is 59.7 Å². The van der Waals surface area contributed by atoms with E-state index in [1.54, 1.807) is 6.07 Å². The van der Waals surface area contributed by atoms with Gasteiger partial charge in [0.2, 0.25) is 0 Å². The van der Waals surface area contributed by atoms with Gasteiger partial charge < -0.3 is 4.85 Å². The number of fused-ring (bicyclic) bond motifs is 1. The molecular formula is C12H9IN2. The van der Waals surface area contributed by atoms with E-state index in [2.05, 4.69) is 46.3 Å². The van der Waals surface area contributed by atoms with Crippen molar-refractivity contribution in [3.05, 3.63) is 44.3 Å². The Balaban J connectivity index is 2.87. The van der Waals surface area contributed by atoms with Crippen molar-refractivity contribution in [2.24, 2.45) is 0 Å². The molecular weight excluding hydrogens is 299 g/mol. The quantitative estimate of drug-likeness (QED) is 0.531. The van der Waals surface area contributed by atoms with Crippen LogP contribution < -0.4 is 0 Å². The fourth-order valence-electron chi connectivity index (χ4n) is 1.51. The molecule has 0 atom stereocenters. The average molecular weight is 308 g/mol. The fraction of sp³-hybridized carbons (Fsp3) is 0.167. The van der Waals surface area contributed by atoms with Gasteiger partial charge in [0.15, 0.2) is 5.52 Å². The molecule has 0 spiro atoms. The summed E-state index contributed by atoms with van der Waals surface area (Å²) in [7, 11) is 0. The maximum Gasteiger partial charge on any atom is 0.270 e. The third-order valence-corrected chi connectivity index (χ3v) is 3.93. The van der Waals surface area contributed by atoms with Gasteiger partial charge in [-0.15, -0.1) is 4.98 Å². The first-order chi connectivity index (χ1) is 7.13. The fourth-order valence-corrected chi connectivity index (χ4v) is 2.39. The minimum absolute atomic E-state index is 0.460. The number of pyridine rings is 1. The van der Waals surface area contributed by atoms with E-state index in [0.29, 0.717) is 5.82 Å². The molecule has 1 heterocycles. The molecule has 1 aromatic carbocycles. The highest BCUT2D eigenvalue weighted by Crippen LogP contribution is 2.27. The molecule has 0 N–H and O–H groups in total. The molecule has 2 aromatic rings. The molecule has 0 aliphatic heterocycles. The summed E-state index contributed by atoms with van der Waals surface area (Å²) in [5.74, 6) is 0.460. The molecule has 0 unspecified atom stereocenters. The maximum atomic E-state index is 6.93. The summed E-state index contributed by atoms with van der Waals surface area (Å²) in [5, 5.41) is 1.13. The lowest BCUT2D eigenvalue weighted by Crippen LogP contribution is -1.90. The summed E-state index contributed by atoms with van der Waals surface area (Å²) in [6, 6.07) is 5.79. The molecule has 0 saturated heterocycles. The van der Waals surface area contributed by atoms with Crippen LogP contribution in [0.3, 0.4) is 0 Å². The molecule has 3 heteroatoms. The van der Waals surface area contributed by atoms with Crippen molar-refractivity contribution >= 4 is 39.3 Å². The van der Waals surface area contributed by atoms with E-state index in [-0.39, 0.29) is 0 Å². The van der Waals surface area contributed by atoms with Crippen molar-refractivity contribution in [3.8, 4) is 0 Å². The number of rotatable bonds is 0. The van der Waals surface area contributed by atoms with Gasteiger partial charge in [0.05, 0.1) is 0 Å². The normalized spacial score (nSPS) is 10.3. The van der Waals surface area contributed by atoms with Gasteiger partial charge in [-0.1, -0.05) is 12.6 Å². The Bertz CT molecular complexity index is 582. The van der Waals surface area contributed by atoms with Crippen molar-refractivity contribution in [1.29, 1.82) is 0 Å². The van der Waals surface area contributed by atoms with E-state index >= 15 is 0 Å². The van der Waals surface area contributed by atoms with E-state index in [9.17, 15) is 0 Å². The number of hydrogen-bond acceptors (Lipinski definition) is 1. The van der Waals surface area contributed by atoms with E-state index in [4.69, 9.17) is 6.57 Å². The lowest BCUT2D eigenvalue weighted by molar-refractivity contribution is 1.32. The van der Waals surface area contributed by atoms with Gasteiger partial charge in [-0.2, -0.15) is 0 Å². The minimum atomic E-state index is 0.460. The molecule has 0 aliphatic carbocycles. The van der Waals surface area contributed by atoms with E-state index in [1.807, 2.05) is 12.1 Å². The molecule has 0 amide bonds. The van der Waals surface area contributed by atoms with Gasteiger partial charge in [-0.25, -0.2) is 0 Å². The smallest absolute Gasteiger partial charge is 0.270 e. The highest BCUT2D eigenvalue weighted by atomic mass is 127. The van der Waals surface area contributed by atoms with E-state index < -0.39 is 0 Å². The lowest BCUT2D eigenvalue weighted by Gasteiger charge is -2.05. The van der Waals surface area contributed by atoms with Crippen molar-refractivity contribution < 1.29 is 0 Å². The number of aromatic nitrogens is 1. The van der Waals surface area contributed by atoms with E-state index in [0.717, 1.165) is 10.9 Å². The molecule has 74 valence electrons. The van der Waals surface area contributed by atoms with Crippen molar-refractivity contribution in [2.45, 2.75) is 13.8 Å². The Hall–Kier alpha value is -1.15. The van der Waals surface area contributed by atoms with Crippen LogP contribution in [-0.4, -0.2) is 4.98 Å². The first kappa shape index (κ1) is 10.4. The number of hydrogen-bond donors (Lipinski definition) is 0. The van der Waals surface area contributed by atoms with Crippen LogP contribution in [0.25, 0.3) is 15.7 Å². The van der Waals surface area contributed by atoms with Crippen molar-refractivity contribution in [2.75, 3.05) is 0 Å². The first-order valence-electron chi connectivity index (χ1n) is 4.57. The molecule has 2 nitrogen and oxygen atoms in total. The highest BCUT2D eigenvalue weighted by molar-refractivity contribution is 14.1. The third-order valence-electron chi connectivity index (χ3n) is 2.54. The van der Waals surface area contributed by atoms with Gasteiger partial charge in [0, 0.05) is 8.96 Å². The summed E-state index contributed by atoms with van der Waals surface area (Å²) in [5.41, 5.74) is 3.43. The SMILES string of the molecule is [C-]#[N+]c1ccc2c(I)c(C)c(C)cc2n1. The maximum absolute atomic E-state index is 6.93. The second-order valence-electron chi connectivity index (χ2n) is 3.48. The Labute approximate surface area is 102 Å². The van der Waals surface area contributed by atoms with Crippen LogP contribution in [-0.2, 0) is 0 Å².